The third-order valence-corrected chi connectivity index (χ3v) is 6.06. The molecule has 0 amide bonds. The molecule has 1 atom stereocenters. The third kappa shape index (κ3) is 2.41. The second-order valence-corrected chi connectivity index (χ2v) is 7.94. The highest BCUT2D eigenvalue weighted by Gasteiger charge is 2.21. The first-order valence-corrected chi connectivity index (χ1v) is 8.66. The summed E-state index contributed by atoms with van der Waals surface area (Å²) in [5, 5.41) is 6.81. The molecule has 2 aromatic heterocycles. The molecular weight excluding hydrogens is 328 g/mol. The molecule has 3 rings (SSSR count). The Labute approximate surface area is 124 Å². The summed E-state index contributed by atoms with van der Waals surface area (Å²) in [6.07, 6.45) is 5.00. The molecule has 18 heavy (non-hydrogen) atoms. The van der Waals surface area contributed by atoms with Crippen molar-refractivity contribution in [3.05, 3.63) is 36.4 Å². The van der Waals surface area contributed by atoms with Crippen LogP contribution in [0.1, 0.15) is 40.0 Å². The van der Waals surface area contributed by atoms with Gasteiger partial charge >= 0.3 is 0 Å². The van der Waals surface area contributed by atoms with Crippen LogP contribution in [0.4, 0.5) is 0 Å². The lowest BCUT2D eigenvalue weighted by Crippen LogP contribution is -2.16. The molecule has 1 N–H and O–H groups in total. The second kappa shape index (κ2) is 5.41. The van der Waals surface area contributed by atoms with E-state index in [0.717, 1.165) is 6.42 Å². The smallest absolute Gasteiger partial charge is 0.115 e. The summed E-state index contributed by atoms with van der Waals surface area (Å²) in [6.45, 7) is 0. The summed E-state index contributed by atoms with van der Waals surface area (Å²) >= 11 is 7.15. The van der Waals surface area contributed by atoms with Crippen LogP contribution in [0.25, 0.3) is 0 Å². The zero-order chi connectivity index (χ0) is 12.5. The van der Waals surface area contributed by atoms with Crippen molar-refractivity contribution in [1.82, 2.24) is 10.3 Å². The fourth-order valence-corrected chi connectivity index (χ4v) is 4.90. The van der Waals surface area contributed by atoms with Crippen molar-refractivity contribution in [3.8, 4) is 0 Å². The third-order valence-electron chi connectivity index (χ3n) is 3.32. The topological polar surface area (TPSA) is 24.9 Å². The SMILES string of the molecule is CNC(c1csc(Br)c1)c1nc2c(s1)CCCC2. The van der Waals surface area contributed by atoms with Gasteiger partial charge in [-0.2, -0.15) is 0 Å². The molecule has 2 aromatic rings. The first-order chi connectivity index (χ1) is 8.78. The predicted molar refractivity (Wildman–Crippen MR) is 81.7 cm³/mol. The van der Waals surface area contributed by atoms with Crippen molar-refractivity contribution in [1.29, 1.82) is 0 Å². The lowest BCUT2D eigenvalue weighted by molar-refractivity contribution is 0.662. The van der Waals surface area contributed by atoms with E-state index in [9.17, 15) is 0 Å². The average Bonchev–Trinajstić information content (AvgIpc) is 2.96. The fourth-order valence-electron chi connectivity index (χ4n) is 2.40. The maximum Gasteiger partial charge on any atom is 0.115 e. The van der Waals surface area contributed by atoms with Crippen LogP contribution in [-0.4, -0.2) is 12.0 Å². The Hall–Kier alpha value is -0.230. The van der Waals surface area contributed by atoms with E-state index in [1.54, 1.807) is 11.3 Å². The van der Waals surface area contributed by atoms with Gasteiger partial charge in [-0.25, -0.2) is 4.98 Å². The van der Waals surface area contributed by atoms with Crippen LogP contribution in [0.3, 0.4) is 0 Å². The van der Waals surface area contributed by atoms with Gasteiger partial charge in [-0.15, -0.1) is 22.7 Å². The molecule has 1 aliphatic rings. The van der Waals surface area contributed by atoms with Gasteiger partial charge in [0, 0.05) is 4.88 Å². The molecule has 0 radical (unpaired) electrons. The zero-order valence-corrected chi connectivity index (χ0v) is 13.4. The number of rotatable bonds is 3. The van der Waals surface area contributed by atoms with Crippen molar-refractivity contribution in [3.63, 3.8) is 0 Å². The van der Waals surface area contributed by atoms with E-state index < -0.39 is 0 Å². The molecule has 5 heteroatoms. The standard InChI is InChI=1S/C13H15BrN2S2/c1-15-12(8-6-11(14)17-7-8)13-16-9-4-2-3-5-10(9)18-13/h6-7,12,15H,2-5H2,1H3. The van der Waals surface area contributed by atoms with E-state index in [2.05, 4.69) is 32.7 Å². The van der Waals surface area contributed by atoms with Gasteiger partial charge < -0.3 is 5.32 Å². The number of halogens is 1. The van der Waals surface area contributed by atoms with Crippen LogP contribution < -0.4 is 5.32 Å². The van der Waals surface area contributed by atoms with Crippen molar-refractivity contribution in [2.24, 2.45) is 0 Å². The molecule has 1 aliphatic carbocycles. The maximum atomic E-state index is 4.85. The number of nitrogens with zero attached hydrogens (tertiary/aromatic N) is 1. The van der Waals surface area contributed by atoms with Crippen LogP contribution in [0.5, 0.6) is 0 Å². The Morgan fingerprint density at radius 1 is 1.39 bits per heavy atom. The van der Waals surface area contributed by atoms with Crippen molar-refractivity contribution in [2.75, 3.05) is 7.05 Å². The fraction of sp³-hybridized carbons (Fsp3) is 0.462. The van der Waals surface area contributed by atoms with E-state index >= 15 is 0 Å². The molecule has 0 saturated heterocycles. The van der Waals surface area contributed by atoms with Gasteiger partial charge in [0.15, 0.2) is 0 Å². The number of hydrogen-bond acceptors (Lipinski definition) is 4. The minimum absolute atomic E-state index is 0.239. The molecule has 0 spiro atoms. The molecule has 1 unspecified atom stereocenters. The summed E-state index contributed by atoms with van der Waals surface area (Å²) in [4.78, 5) is 6.36. The van der Waals surface area contributed by atoms with Gasteiger partial charge in [0.05, 0.1) is 15.5 Å². The average molecular weight is 343 g/mol. The van der Waals surface area contributed by atoms with E-state index in [1.807, 2.05) is 18.4 Å². The minimum atomic E-state index is 0.239. The van der Waals surface area contributed by atoms with Crippen LogP contribution >= 0.6 is 38.6 Å². The molecule has 0 saturated carbocycles. The lowest BCUT2D eigenvalue weighted by atomic mass is 10.0. The van der Waals surface area contributed by atoms with E-state index in [1.165, 1.54) is 44.2 Å². The molecule has 2 nitrogen and oxygen atoms in total. The van der Waals surface area contributed by atoms with E-state index in [4.69, 9.17) is 4.98 Å². The number of nitrogens with one attached hydrogen (secondary N) is 1. The number of aryl methyl sites for hydroxylation is 2. The summed E-state index contributed by atoms with van der Waals surface area (Å²) in [6, 6.07) is 2.43. The van der Waals surface area contributed by atoms with Gasteiger partial charge in [-0.05, 0) is 65.7 Å². The predicted octanol–water partition coefficient (Wildman–Crippen LogP) is 4.15. The Bertz CT molecular complexity index is 523. The van der Waals surface area contributed by atoms with Crippen LogP contribution in [-0.2, 0) is 12.8 Å². The Morgan fingerprint density at radius 2 is 2.22 bits per heavy atom. The van der Waals surface area contributed by atoms with Crippen LogP contribution in [0.2, 0.25) is 0 Å². The van der Waals surface area contributed by atoms with Crippen LogP contribution in [0.15, 0.2) is 15.2 Å². The second-order valence-electron chi connectivity index (χ2n) is 4.53. The van der Waals surface area contributed by atoms with Crippen molar-refractivity contribution >= 4 is 38.6 Å². The Morgan fingerprint density at radius 3 is 2.89 bits per heavy atom. The number of hydrogen-bond donors (Lipinski definition) is 1. The highest BCUT2D eigenvalue weighted by molar-refractivity contribution is 9.11. The molecule has 0 aliphatic heterocycles. The summed E-state index contributed by atoms with van der Waals surface area (Å²) in [5.41, 5.74) is 2.65. The van der Waals surface area contributed by atoms with Crippen molar-refractivity contribution in [2.45, 2.75) is 31.7 Å². The summed E-state index contributed by atoms with van der Waals surface area (Å²) in [7, 11) is 2.01. The molecular formula is C13H15BrN2S2. The Balaban J connectivity index is 1.94. The highest BCUT2D eigenvalue weighted by atomic mass is 79.9. The summed E-state index contributed by atoms with van der Waals surface area (Å²) < 4.78 is 1.18. The van der Waals surface area contributed by atoms with E-state index in [0.29, 0.717) is 0 Å². The van der Waals surface area contributed by atoms with Gasteiger partial charge in [0.1, 0.15) is 5.01 Å². The number of fused-ring (bicyclic) bond motifs is 1. The number of thiophene rings is 1. The number of aromatic nitrogens is 1. The molecule has 96 valence electrons. The zero-order valence-electron chi connectivity index (χ0n) is 10.2. The van der Waals surface area contributed by atoms with Crippen molar-refractivity contribution < 1.29 is 0 Å². The minimum Gasteiger partial charge on any atom is -0.307 e. The van der Waals surface area contributed by atoms with E-state index in [-0.39, 0.29) is 6.04 Å². The largest absolute Gasteiger partial charge is 0.307 e. The Kier molecular flexibility index (Phi) is 3.84. The first-order valence-electron chi connectivity index (χ1n) is 6.17. The molecule has 0 bridgehead atoms. The highest BCUT2D eigenvalue weighted by Crippen LogP contribution is 2.34. The van der Waals surface area contributed by atoms with Gasteiger partial charge in [-0.1, -0.05) is 0 Å². The van der Waals surface area contributed by atoms with Crippen LogP contribution in [0, 0.1) is 0 Å². The van der Waals surface area contributed by atoms with Gasteiger partial charge in [0.2, 0.25) is 0 Å². The van der Waals surface area contributed by atoms with Gasteiger partial charge in [0.25, 0.3) is 0 Å². The maximum absolute atomic E-state index is 4.85. The molecule has 0 fully saturated rings. The molecule has 0 aromatic carbocycles. The monoisotopic (exact) mass is 342 g/mol. The number of thiazole rings is 1. The lowest BCUT2D eigenvalue weighted by Gasteiger charge is -2.11. The normalized spacial score (nSPS) is 16.6. The summed E-state index contributed by atoms with van der Waals surface area (Å²) in [5.74, 6) is 0. The van der Waals surface area contributed by atoms with Gasteiger partial charge in [-0.3, -0.25) is 0 Å². The quantitative estimate of drug-likeness (QED) is 0.905. The first kappa shape index (κ1) is 12.8. The molecule has 2 heterocycles.